The van der Waals surface area contributed by atoms with Gasteiger partial charge >= 0.3 is 11.9 Å². The highest BCUT2D eigenvalue weighted by molar-refractivity contribution is 5.80. The van der Waals surface area contributed by atoms with Gasteiger partial charge in [0.1, 0.15) is 12.4 Å². The van der Waals surface area contributed by atoms with Crippen molar-refractivity contribution in [3.05, 3.63) is 28.8 Å². The van der Waals surface area contributed by atoms with Gasteiger partial charge in [-0.15, -0.1) is 0 Å². The molecule has 0 radical (unpaired) electrons. The smallest absolute Gasteiger partial charge is 0.306 e. The first-order valence-electron chi connectivity index (χ1n) is 10.3. The zero-order valence-electron chi connectivity index (χ0n) is 19.1. The van der Waals surface area contributed by atoms with E-state index < -0.39 is 17.8 Å². The summed E-state index contributed by atoms with van der Waals surface area (Å²) in [5, 5.41) is 13.2. The third kappa shape index (κ3) is 8.43. The Morgan fingerprint density at radius 2 is 1.73 bits per heavy atom. The van der Waals surface area contributed by atoms with Crippen molar-refractivity contribution in [2.45, 2.75) is 78.7 Å². The molecule has 7 heteroatoms. The Labute approximate surface area is 179 Å². The molecule has 0 aliphatic carbocycles. The maximum atomic E-state index is 12.1. The summed E-state index contributed by atoms with van der Waals surface area (Å²) in [7, 11) is 0. The van der Waals surface area contributed by atoms with Gasteiger partial charge < -0.3 is 19.9 Å². The number of phenolic OH excluding ortho intramolecular Hbond substituents is 1. The lowest BCUT2D eigenvalue weighted by atomic mass is 9.82. The van der Waals surface area contributed by atoms with Crippen molar-refractivity contribution >= 4 is 17.8 Å². The number of rotatable bonds is 9. The number of hydrogen-bond acceptors (Lipinski definition) is 6. The van der Waals surface area contributed by atoms with E-state index in [0.717, 1.165) is 16.7 Å². The van der Waals surface area contributed by atoms with Gasteiger partial charge in [-0.2, -0.15) is 0 Å². The molecular formula is C23H35NO6. The number of hydrogen-bond donors (Lipinski definition) is 2. The summed E-state index contributed by atoms with van der Waals surface area (Å²) in [6.45, 7) is 12.8. The number of carbonyl (C=O) groups is 3. The van der Waals surface area contributed by atoms with Gasteiger partial charge in [0.15, 0.2) is 6.61 Å². The topological polar surface area (TPSA) is 102 Å². The molecule has 0 aliphatic rings. The number of benzene rings is 1. The van der Waals surface area contributed by atoms with Crippen molar-refractivity contribution in [1.29, 1.82) is 0 Å². The van der Waals surface area contributed by atoms with E-state index in [1.165, 1.54) is 6.92 Å². The number of esters is 2. The van der Waals surface area contributed by atoms with Gasteiger partial charge in [-0.25, -0.2) is 0 Å². The Kier molecular flexibility index (Phi) is 9.33. The number of amides is 1. The molecule has 0 fully saturated rings. The lowest BCUT2D eigenvalue weighted by molar-refractivity contribution is -0.149. The number of aromatic hydroxyl groups is 1. The molecule has 2 N–H and O–H groups in total. The van der Waals surface area contributed by atoms with Crippen LogP contribution in [0.1, 0.15) is 77.5 Å². The molecule has 1 atom stereocenters. The fourth-order valence-electron chi connectivity index (χ4n) is 2.94. The molecule has 7 nitrogen and oxygen atoms in total. The largest absolute Gasteiger partial charge is 0.507 e. The minimum absolute atomic E-state index is 0.0597. The van der Waals surface area contributed by atoms with Crippen LogP contribution in [0.15, 0.2) is 12.1 Å². The van der Waals surface area contributed by atoms with Crippen molar-refractivity contribution in [2.24, 2.45) is 0 Å². The molecule has 0 aliphatic heterocycles. The summed E-state index contributed by atoms with van der Waals surface area (Å²) in [6.07, 6.45) is 0.578. The van der Waals surface area contributed by atoms with Crippen molar-refractivity contribution in [3.63, 3.8) is 0 Å². The third-order valence-electron chi connectivity index (χ3n) is 4.56. The first-order valence-corrected chi connectivity index (χ1v) is 10.3. The summed E-state index contributed by atoms with van der Waals surface area (Å²) in [5.41, 5.74) is 2.41. The van der Waals surface area contributed by atoms with Gasteiger partial charge in [-0.05, 0) is 41.4 Å². The molecular weight excluding hydrogens is 386 g/mol. The molecule has 1 amide bonds. The lowest BCUT2D eigenvalue weighted by Crippen LogP contribution is -2.38. The number of aryl methyl sites for hydroxylation is 1. The quantitative estimate of drug-likeness (QED) is 0.593. The van der Waals surface area contributed by atoms with E-state index in [1.54, 1.807) is 6.92 Å². The van der Waals surface area contributed by atoms with Crippen LogP contribution in [0.5, 0.6) is 5.75 Å². The Balaban J connectivity index is 2.63. The minimum atomic E-state index is -0.478. The molecule has 1 unspecified atom stereocenters. The van der Waals surface area contributed by atoms with Crippen LogP contribution >= 0.6 is 0 Å². The van der Waals surface area contributed by atoms with Crippen LogP contribution in [-0.2, 0) is 35.7 Å². The predicted octanol–water partition coefficient (Wildman–Crippen LogP) is 3.36. The number of ether oxygens (including phenoxy) is 2. The monoisotopic (exact) mass is 421 g/mol. The van der Waals surface area contributed by atoms with E-state index in [1.807, 2.05) is 46.8 Å². The predicted molar refractivity (Wildman–Crippen MR) is 114 cm³/mol. The van der Waals surface area contributed by atoms with Crippen LogP contribution in [-0.4, -0.2) is 42.2 Å². The second-order valence-corrected chi connectivity index (χ2v) is 8.92. The van der Waals surface area contributed by atoms with Gasteiger partial charge in [0.2, 0.25) is 0 Å². The Hall–Kier alpha value is -2.57. The lowest BCUT2D eigenvalue weighted by Gasteiger charge is -2.24. The standard InChI is InChI=1S/C23H35NO6/c1-14(2)18-10-17(11-19(22(18)28)23(5,6)7)8-9-21(27)30-13-20(26)24-15(3)12-29-16(4)25/h10-11,14-15,28H,8-9,12-13H2,1-7H3,(H,24,26). The van der Waals surface area contributed by atoms with E-state index in [0.29, 0.717) is 12.2 Å². The van der Waals surface area contributed by atoms with Crippen molar-refractivity contribution in [3.8, 4) is 5.75 Å². The van der Waals surface area contributed by atoms with Crippen LogP contribution in [0.25, 0.3) is 0 Å². The van der Waals surface area contributed by atoms with Crippen LogP contribution in [0.2, 0.25) is 0 Å². The van der Waals surface area contributed by atoms with Crippen LogP contribution in [0, 0.1) is 0 Å². The summed E-state index contributed by atoms with van der Waals surface area (Å²) in [6, 6.07) is 3.48. The molecule has 1 aromatic carbocycles. The Morgan fingerprint density at radius 3 is 2.27 bits per heavy atom. The SMILES string of the molecule is CC(=O)OCC(C)NC(=O)COC(=O)CCc1cc(C(C)C)c(O)c(C(C)(C)C)c1. The van der Waals surface area contributed by atoms with Crippen molar-refractivity contribution in [1.82, 2.24) is 5.32 Å². The van der Waals surface area contributed by atoms with E-state index in [2.05, 4.69) is 5.32 Å². The fourth-order valence-corrected chi connectivity index (χ4v) is 2.94. The van der Waals surface area contributed by atoms with Gasteiger partial charge in [-0.3, -0.25) is 14.4 Å². The molecule has 1 aromatic rings. The second-order valence-electron chi connectivity index (χ2n) is 8.92. The van der Waals surface area contributed by atoms with Gasteiger partial charge in [0, 0.05) is 13.3 Å². The molecule has 0 heterocycles. The summed E-state index contributed by atoms with van der Waals surface area (Å²) in [4.78, 5) is 34.7. The van der Waals surface area contributed by atoms with Gasteiger partial charge in [-0.1, -0.05) is 46.8 Å². The van der Waals surface area contributed by atoms with Crippen molar-refractivity contribution < 1.29 is 29.0 Å². The van der Waals surface area contributed by atoms with Crippen LogP contribution in [0.3, 0.4) is 0 Å². The van der Waals surface area contributed by atoms with Crippen molar-refractivity contribution in [2.75, 3.05) is 13.2 Å². The first-order chi connectivity index (χ1) is 13.8. The molecule has 168 valence electrons. The number of phenols is 1. The zero-order chi connectivity index (χ0) is 23.1. The fraction of sp³-hybridized carbons (Fsp3) is 0.609. The summed E-state index contributed by atoms with van der Waals surface area (Å²) >= 11 is 0. The highest BCUT2D eigenvalue weighted by Gasteiger charge is 2.22. The van der Waals surface area contributed by atoms with Crippen LogP contribution < -0.4 is 5.32 Å². The molecule has 0 bridgehead atoms. The highest BCUT2D eigenvalue weighted by Crippen LogP contribution is 2.37. The minimum Gasteiger partial charge on any atom is -0.507 e. The maximum absolute atomic E-state index is 12.1. The average Bonchev–Trinajstić information content (AvgIpc) is 2.62. The van der Waals surface area contributed by atoms with Gasteiger partial charge in [0.25, 0.3) is 5.91 Å². The normalized spacial score (nSPS) is 12.4. The molecule has 0 saturated carbocycles. The summed E-state index contributed by atoms with van der Waals surface area (Å²) in [5.74, 6) is -0.898. The average molecular weight is 422 g/mol. The number of nitrogens with one attached hydrogen (secondary N) is 1. The highest BCUT2D eigenvalue weighted by atomic mass is 16.5. The zero-order valence-corrected chi connectivity index (χ0v) is 19.1. The maximum Gasteiger partial charge on any atom is 0.306 e. The van der Waals surface area contributed by atoms with E-state index in [4.69, 9.17) is 9.47 Å². The molecule has 0 aromatic heterocycles. The Bertz CT molecular complexity index is 764. The van der Waals surface area contributed by atoms with Crippen LogP contribution in [0.4, 0.5) is 0 Å². The second kappa shape index (κ2) is 11.0. The number of carbonyl (C=O) groups excluding carboxylic acids is 3. The van der Waals surface area contributed by atoms with Gasteiger partial charge in [0.05, 0.1) is 6.04 Å². The molecule has 30 heavy (non-hydrogen) atoms. The molecule has 0 saturated heterocycles. The van der Waals surface area contributed by atoms with E-state index in [9.17, 15) is 19.5 Å². The third-order valence-corrected chi connectivity index (χ3v) is 4.56. The summed E-state index contributed by atoms with van der Waals surface area (Å²) < 4.78 is 9.85. The first kappa shape index (κ1) is 25.5. The van der Waals surface area contributed by atoms with E-state index >= 15 is 0 Å². The molecule has 1 rings (SSSR count). The Morgan fingerprint density at radius 1 is 1.10 bits per heavy atom. The van der Waals surface area contributed by atoms with E-state index in [-0.39, 0.29) is 37.0 Å². The molecule has 0 spiro atoms.